The molecule has 1 aliphatic rings. The molecule has 3 aromatic rings. The van der Waals surface area contributed by atoms with Gasteiger partial charge in [0.25, 0.3) is 0 Å². The van der Waals surface area contributed by atoms with E-state index in [1.165, 1.54) is 12.8 Å². The second-order valence-electron chi connectivity index (χ2n) is 8.13. The molecule has 3 N–H and O–H groups in total. The van der Waals surface area contributed by atoms with Crippen LogP contribution in [-0.2, 0) is 12.7 Å². The van der Waals surface area contributed by atoms with Crippen molar-refractivity contribution in [1.29, 1.82) is 0 Å². The summed E-state index contributed by atoms with van der Waals surface area (Å²) in [6, 6.07) is 7.62. The normalized spacial score (nSPS) is 16.0. The van der Waals surface area contributed by atoms with Gasteiger partial charge in [-0.05, 0) is 68.7 Å². The number of halogens is 4. The molecule has 0 atom stereocenters. The number of aromatic amines is 1. The van der Waals surface area contributed by atoms with Crippen LogP contribution < -0.4 is 10.6 Å². The van der Waals surface area contributed by atoms with Crippen LogP contribution in [0.1, 0.15) is 24.0 Å². The van der Waals surface area contributed by atoms with Gasteiger partial charge in [0.2, 0.25) is 0 Å². The third kappa shape index (κ3) is 5.43. The van der Waals surface area contributed by atoms with Crippen LogP contribution in [0.5, 0.6) is 0 Å². The molecule has 5 nitrogen and oxygen atoms in total. The number of likely N-dealkylation sites (tertiary alicyclic amines) is 1. The maximum Gasteiger partial charge on any atom is 0.416 e. The van der Waals surface area contributed by atoms with E-state index in [1.54, 1.807) is 12.3 Å². The molecule has 0 amide bonds. The maximum atomic E-state index is 13.2. The number of nitrogens with one attached hydrogen (secondary N) is 3. The van der Waals surface area contributed by atoms with Gasteiger partial charge in [-0.3, -0.25) is 0 Å². The van der Waals surface area contributed by atoms with Gasteiger partial charge in [0, 0.05) is 35.9 Å². The van der Waals surface area contributed by atoms with Crippen molar-refractivity contribution >= 4 is 34.0 Å². The summed E-state index contributed by atoms with van der Waals surface area (Å²) in [4.78, 5) is 9.55. The van der Waals surface area contributed by atoms with Crippen molar-refractivity contribution in [3.05, 3.63) is 52.8 Å². The lowest BCUT2D eigenvalue weighted by Crippen LogP contribution is -2.33. The smallest absolute Gasteiger partial charge is 0.380 e. The number of fused-ring (bicyclic) bond motifs is 1. The van der Waals surface area contributed by atoms with Gasteiger partial charge >= 0.3 is 6.18 Å². The maximum absolute atomic E-state index is 13.2. The van der Waals surface area contributed by atoms with Crippen LogP contribution >= 0.6 is 11.6 Å². The molecule has 2 aromatic heterocycles. The molecule has 1 aliphatic heterocycles. The van der Waals surface area contributed by atoms with Crippen LogP contribution in [0.2, 0.25) is 5.15 Å². The molecule has 4 rings (SSSR count). The van der Waals surface area contributed by atoms with Crippen molar-refractivity contribution in [3.63, 3.8) is 0 Å². The lowest BCUT2D eigenvalue weighted by Gasteiger charge is -2.29. The van der Waals surface area contributed by atoms with E-state index in [9.17, 15) is 13.2 Å². The lowest BCUT2D eigenvalue weighted by molar-refractivity contribution is -0.137. The molecular formula is C22H25ClF3N5. The first-order chi connectivity index (χ1) is 14.8. The van der Waals surface area contributed by atoms with Crippen LogP contribution in [0.3, 0.4) is 0 Å². The Morgan fingerprint density at radius 1 is 1.16 bits per heavy atom. The zero-order valence-electron chi connectivity index (χ0n) is 17.2. The van der Waals surface area contributed by atoms with Gasteiger partial charge < -0.3 is 20.5 Å². The average molecular weight is 452 g/mol. The SMILES string of the molecule is CN1CCC(CNc2ccc(CNc3cc(C(F)(F)F)cc4[nH]c(Cl)cc34)cn2)CC1. The van der Waals surface area contributed by atoms with Crippen LogP contribution in [0.15, 0.2) is 36.5 Å². The van der Waals surface area contributed by atoms with Crippen LogP contribution in [-0.4, -0.2) is 41.5 Å². The highest BCUT2D eigenvalue weighted by molar-refractivity contribution is 6.30. The first-order valence-electron chi connectivity index (χ1n) is 10.3. The summed E-state index contributed by atoms with van der Waals surface area (Å²) in [6.07, 6.45) is -0.343. The number of hydrogen-bond acceptors (Lipinski definition) is 4. The van der Waals surface area contributed by atoms with Gasteiger partial charge in [-0.15, -0.1) is 0 Å². The van der Waals surface area contributed by atoms with Crippen molar-refractivity contribution in [2.24, 2.45) is 5.92 Å². The highest BCUT2D eigenvalue weighted by Crippen LogP contribution is 2.36. The number of rotatable bonds is 6. The molecule has 0 unspecified atom stereocenters. The number of hydrogen-bond donors (Lipinski definition) is 3. The quantitative estimate of drug-likeness (QED) is 0.456. The van der Waals surface area contributed by atoms with E-state index in [0.29, 0.717) is 34.2 Å². The zero-order chi connectivity index (χ0) is 22.0. The summed E-state index contributed by atoms with van der Waals surface area (Å²) >= 11 is 5.97. The van der Waals surface area contributed by atoms with E-state index in [1.807, 2.05) is 12.1 Å². The van der Waals surface area contributed by atoms with Crippen molar-refractivity contribution in [2.75, 3.05) is 37.3 Å². The fourth-order valence-electron chi connectivity index (χ4n) is 3.86. The van der Waals surface area contributed by atoms with Crippen LogP contribution in [0.4, 0.5) is 24.7 Å². The summed E-state index contributed by atoms with van der Waals surface area (Å²) in [6.45, 7) is 3.50. The third-order valence-corrected chi connectivity index (χ3v) is 5.95. The van der Waals surface area contributed by atoms with E-state index in [-0.39, 0.29) is 0 Å². The van der Waals surface area contributed by atoms with Crippen molar-refractivity contribution in [2.45, 2.75) is 25.6 Å². The highest BCUT2D eigenvalue weighted by Gasteiger charge is 2.31. The highest BCUT2D eigenvalue weighted by atomic mass is 35.5. The van der Waals surface area contributed by atoms with Crippen molar-refractivity contribution < 1.29 is 13.2 Å². The Morgan fingerprint density at radius 2 is 1.94 bits per heavy atom. The van der Waals surface area contributed by atoms with Gasteiger partial charge in [0.15, 0.2) is 0 Å². The Morgan fingerprint density at radius 3 is 2.61 bits per heavy atom. The number of H-pyrrole nitrogens is 1. The van der Waals surface area contributed by atoms with E-state index in [2.05, 4.69) is 32.5 Å². The molecule has 9 heteroatoms. The summed E-state index contributed by atoms with van der Waals surface area (Å²) < 4.78 is 39.7. The van der Waals surface area contributed by atoms with E-state index >= 15 is 0 Å². The Hall–Kier alpha value is -2.45. The van der Waals surface area contributed by atoms with Gasteiger partial charge in [-0.25, -0.2) is 4.98 Å². The van der Waals surface area contributed by atoms with Gasteiger partial charge in [-0.2, -0.15) is 13.2 Å². The molecule has 1 fully saturated rings. The Kier molecular flexibility index (Phi) is 6.29. The largest absolute Gasteiger partial charge is 0.416 e. The molecule has 3 heterocycles. The first-order valence-corrected chi connectivity index (χ1v) is 10.7. The number of aromatic nitrogens is 2. The van der Waals surface area contributed by atoms with Crippen LogP contribution in [0, 0.1) is 5.92 Å². The number of piperidine rings is 1. The van der Waals surface area contributed by atoms with Crippen molar-refractivity contribution in [1.82, 2.24) is 14.9 Å². The molecule has 31 heavy (non-hydrogen) atoms. The molecule has 0 aliphatic carbocycles. The molecule has 1 saturated heterocycles. The van der Waals surface area contributed by atoms with Crippen molar-refractivity contribution in [3.8, 4) is 0 Å². The second kappa shape index (κ2) is 8.96. The van der Waals surface area contributed by atoms with E-state index in [0.717, 1.165) is 43.1 Å². The van der Waals surface area contributed by atoms with Gasteiger partial charge in [0.1, 0.15) is 11.0 Å². The van der Waals surface area contributed by atoms with Crippen LogP contribution in [0.25, 0.3) is 10.9 Å². The zero-order valence-corrected chi connectivity index (χ0v) is 17.9. The second-order valence-corrected chi connectivity index (χ2v) is 8.54. The average Bonchev–Trinajstić information content (AvgIpc) is 3.12. The minimum atomic E-state index is -4.44. The number of nitrogens with zero attached hydrogens (tertiary/aromatic N) is 2. The predicted octanol–water partition coefficient (Wildman–Crippen LogP) is 5.60. The third-order valence-electron chi connectivity index (χ3n) is 5.75. The standard InChI is InChI=1S/C22H25ClF3N5/c1-31-6-4-14(5-7-31)11-28-21-3-2-15(13-29-21)12-27-18-8-16(22(24,25)26)9-19-17(18)10-20(23)30-19/h2-3,8-10,13-14,27,30H,4-7,11-12H2,1H3,(H,28,29). The molecule has 0 bridgehead atoms. The monoisotopic (exact) mass is 451 g/mol. The molecular weight excluding hydrogens is 427 g/mol. The molecule has 166 valence electrons. The first kappa shape index (κ1) is 21.8. The Balaban J connectivity index is 1.39. The topological polar surface area (TPSA) is 56.0 Å². The van der Waals surface area contributed by atoms with Gasteiger partial charge in [0.05, 0.1) is 5.56 Å². The molecule has 0 spiro atoms. The summed E-state index contributed by atoms with van der Waals surface area (Å²) in [5, 5.41) is 7.38. The molecule has 0 saturated carbocycles. The molecule has 0 radical (unpaired) electrons. The van der Waals surface area contributed by atoms with E-state index in [4.69, 9.17) is 11.6 Å². The number of benzene rings is 1. The van der Waals surface area contributed by atoms with Gasteiger partial charge in [-0.1, -0.05) is 17.7 Å². The number of anilines is 2. The fourth-order valence-corrected chi connectivity index (χ4v) is 4.07. The fraction of sp³-hybridized carbons (Fsp3) is 0.409. The Bertz CT molecular complexity index is 1020. The minimum Gasteiger partial charge on any atom is -0.380 e. The van der Waals surface area contributed by atoms with E-state index < -0.39 is 11.7 Å². The minimum absolute atomic E-state index is 0.291. The number of alkyl halides is 3. The predicted molar refractivity (Wildman–Crippen MR) is 119 cm³/mol. The lowest BCUT2D eigenvalue weighted by atomic mass is 9.97. The summed E-state index contributed by atoms with van der Waals surface area (Å²) in [5.74, 6) is 1.46. The summed E-state index contributed by atoms with van der Waals surface area (Å²) in [7, 11) is 2.15. The molecule has 1 aromatic carbocycles. The number of pyridine rings is 1. The Labute approximate surface area is 184 Å². The summed E-state index contributed by atoms with van der Waals surface area (Å²) in [5.41, 5.74) is 0.857.